The number of hydrogen-bond donors (Lipinski definition) is 0. The van der Waals surface area contributed by atoms with E-state index in [1.54, 1.807) is 0 Å². The van der Waals surface area contributed by atoms with E-state index in [2.05, 4.69) is 15.9 Å². The maximum absolute atomic E-state index is 6.10. The summed E-state index contributed by atoms with van der Waals surface area (Å²) in [6.45, 7) is 10.2. The zero-order valence-corrected chi connectivity index (χ0v) is 13.6. The number of halogens is 2. The summed E-state index contributed by atoms with van der Waals surface area (Å²) in [6, 6.07) is 3.79. The van der Waals surface area contributed by atoms with E-state index in [1.165, 1.54) is 0 Å². The molecule has 5 heteroatoms. The first-order valence-corrected chi connectivity index (χ1v) is 7.12. The Hall–Kier alpha value is -0.0251. The van der Waals surface area contributed by atoms with Crippen molar-refractivity contribution in [2.75, 3.05) is 0 Å². The Kier molecular flexibility index (Phi) is 3.61. The molecular formula is C13H17BBrClO2. The maximum atomic E-state index is 6.10. The van der Waals surface area contributed by atoms with E-state index >= 15 is 0 Å². The van der Waals surface area contributed by atoms with Crippen molar-refractivity contribution >= 4 is 40.1 Å². The van der Waals surface area contributed by atoms with Crippen molar-refractivity contribution in [3.05, 3.63) is 27.2 Å². The molecule has 0 aromatic heterocycles. The molecule has 1 aromatic rings. The van der Waals surface area contributed by atoms with Crippen LogP contribution in [0.5, 0.6) is 0 Å². The van der Waals surface area contributed by atoms with Gasteiger partial charge in [-0.15, -0.1) is 0 Å². The van der Waals surface area contributed by atoms with Gasteiger partial charge in [0.2, 0.25) is 0 Å². The highest BCUT2D eigenvalue weighted by molar-refractivity contribution is 9.10. The summed E-state index contributed by atoms with van der Waals surface area (Å²) in [5.41, 5.74) is 1.41. The van der Waals surface area contributed by atoms with Crippen LogP contribution in [-0.2, 0) is 9.31 Å². The fourth-order valence-electron chi connectivity index (χ4n) is 1.88. The average Bonchev–Trinajstić information content (AvgIpc) is 2.42. The van der Waals surface area contributed by atoms with Gasteiger partial charge in [-0.3, -0.25) is 0 Å². The van der Waals surface area contributed by atoms with Crippen molar-refractivity contribution in [2.45, 2.75) is 45.8 Å². The van der Waals surface area contributed by atoms with E-state index in [9.17, 15) is 0 Å². The second-order valence-corrected chi connectivity index (χ2v) is 6.98. The molecule has 18 heavy (non-hydrogen) atoms. The Bertz CT molecular complexity index is 472. The van der Waals surface area contributed by atoms with Gasteiger partial charge in [0.25, 0.3) is 0 Å². The first kappa shape index (κ1) is 14.4. The average molecular weight is 331 g/mol. The zero-order chi connectivity index (χ0) is 13.7. The Morgan fingerprint density at radius 3 is 2.11 bits per heavy atom. The van der Waals surface area contributed by atoms with Crippen LogP contribution in [0.4, 0.5) is 0 Å². The highest BCUT2D eigenvalue weighted by atomic mass is 79.9. The molecule has 1 aliphatic heterocycles. The van der Waals surface area contributed by atoms with Crippen LogP contribution >= 0.6 is 27.5 Å². The third-order valence-electron chi connectivity index (χ3n) is 3.86. The van der Waals surface area contributed by atoms with Gasteiger partial charge in [0, 0.05) is 9.50 Å². The molecule has 1 fully saturated rings. The van der Waals surface area contributed by atoms with Gasteiger partial charge in [-0.2, -0.15) is 0 Å². The van der Waals surface area contributed by atoms with E-state index in [-0.39, 0.29) is 18.3 Å². The van der Waals surface area contributed by atoms with Crippen LogP contribution < -0.4 is 5.46 Å². The van der Waals surface area contributed by atoms with Gasteiger partial charge in [-0.05, 0) is 57.8 Å². The topological polar surface area (TPSA) is 18.5 Å². The fourth-order valence-corrected chi connectivity index (χ4v) is 2.71. The second-order valence-electron chi connectivity index (χ2n) is 5.69. The Morgan fingerprint density at radius 2 is 1.61 bits per heavy atom. The molecule has 1 aliphatic rings. The summed E-state index contributed by atoms with van der Waals surface area (Å²) in [5, 5.41) is 0.678. The lowest BCUT2D eigenvalue weighted by Crippen LogP contribution is -2.41. The molecule has 2 rings (SSSR count). The predicted octanol–water partition coefficient (Wildman–Crippen LogP) is 3.71. The van der Waals surface area contributed by atoms with Crippen molar-refractivity contribution in [2.24, 2.45) is 0 Å². The monoisotopic (exact) mass is 330 g/mol. The van der Waals surface area contributed by atoms with Crippen LogP contribution in [0.3, 0.4) is 0 Å². The van der Waals surface area contributed by atoms with Crippen molar-refractivity contribution in [3.63, 3.8) is 0 Å². The molecule has 0 spiro atoms. The van der Waals surface area contributed by atoms with Crippen molar-refractivity contribution in [3.8, 4) is 0 Å². The van der Waals surface area contributed by atoms with Crippen LogP contribution in [0.15, 0.2) is 16.6 Å². The van der Waals surface area contributed by atoms with E-state index in [4.69, 9.17) is 20.9 Å². The van der Waals surface area contributed by atoms with E-state index in [1.807, 2.05) is 46.8 Å². The minimum absolute atomic E-state index is 0.334. The lowest BCUT2D eigenvalue weighted by molar-refractivity contribution is 0.00578. The molecule has 0 aliphatic carbocycles. The summed E-state index contributed by atoms with van der Waals surface area (Å²) in [7, 11) is -0.370. The molecule has 0 radical (unpaired) electrons. The standard InChI is InChI=1S/C13H17BBrClO2/c1-8-10(6-9(16)7-11(8)15)14-17-12(2,3)13(4,5)18-14/h6-7H,1-5H3. The van der Waals surface area contributed by atoms with Gasteiger partial charge < -0.3 is 9.31 Å². The molecule has 0 saturated carbocycles. The summed E-state index contributed by atoms with van der Waals surface area (Å²) < 4.78 is 13.1. The minimum atomic E-state index is -0.370. The first-order valence-electron chi connectivity index (χ1n) is 5.95. The Balaban J connectivity index is 2.41. The number of hydrogen-bond acceptors (Lipinski definition) is 2. The second kappa shape index (κ2) is 4.52. The molecule has 0 atom stereocenters. The van der Waals surface area contributed by atoms with E-state index in [0.29, 0.717) is 5.02 Å². The van der Waals surface area contributed by atoms with Gasteiger partial charge in [0.1, 0.15) is 0 Å². The molecule has 0 N–H and O–H groups in total. The molecular weight excluding hydrogens is 314 g/mol. The normalized spacial score (nSPS) is 21.4. The quantitative estimate of drug-likeness (QED) is 0.731. The SMILES string of the molecule is Cc1c(Br)cc(Cl)cc1B1OC(C)(C)C(C)(C)O1. The van der Waals surface area contributed by atoms with Crippen LogP contribution in [0.1, 0.15) is 33.3 Å². The van der Waals surface area contributed by atoms with Crippen molar-refractivity contribution in [1.29, 1.82) is 0 Å². The molecule has 2 nitrogen and oxygen atoms in total. The third kappa shape index (κ3) is 2.36. The molecule has 0 unspecified atom stereocenters. The van der Waals surface area contributed by atoms with Crippen LogP contribution in [0.25, 0.3) is 0 Å². The summed E-state index contributed by atoms with van der Waals surface area (Å²) in [4.78, 5) is 0. The van der Waals surface area contributed by atoms with Crippen molar-refractivity contribution in [1.82, 2.24) is 0 Å². The third-order valence-corrected chi connectivity index (χ3v) is 4.90. The summed E-state index contributed by atoms with van der Waals surface area (Å²) >= 11 is 9.61. The molecule has 1 aromatic carbocycles. The zero-order valence-electron chi connectivity index (χ0n) is 11.3. The fraction of sp³-hybridized carbons (Fsp3) is 0.538. The molecule has 1 heterocycles. The van der Waals surface area contributed by atoms with Gasteiger partial charge >= 0.3 is 7.12 Å². The first-order chi connectivity index (χ1) is 8.14. The predicted molar refractivity (Wildman–Crippen MR) is 79.6 cm³/mol. The van der Waals surface area contributed by atoms with E-state index in [0.717, 1.165) is 15.5 Å². The number of benzene rings is 1. The van der Waals surface area contributed by atoms with E-state index < -0.39 is 0 Å². The highest BCUT2D eigenvalue weighted by Gasteiger charge is 2.52. The Morgan fingerprint density at radius 1 is 1.11 bits per heavy atom. The van der Waals surface area contributed by atoms with Gasteiger partial charge in [0.15, 0.2) is 0 Å². The lowest BCUT2D eigenvalue weighted by atomic mass is 9.76. The Labute approximate surface area is 122 Å². The molecule has 98 valence electrons. The van der Waals surface area contributed by atoms with Gasteiger partial charge in [0.05, 0.1) is 11.2 Å². The molecule has 0 amide bonds. The van der Waals surface area contributed by atoms with Crippen LogP contribution in [-0.4, -0.2) is 18.3 Å². The van der Waals surface area contributed by atoms with Crippen molar-refractivity contribution < 1.29 is 9.31 Å². The number of rotatable bonds is 1. The van der Waals surface area contributed by atoms with Gasteiger partial charge in [-0.1, -0.05) is 27.5 Å². The minimum Gasteiger partial charge on any atom is -0.399 e. The van der Waals surface area contributed by atoms with Crippen LogP contribution in [0, 0.1) is 6.92 Å². The highest BCUT2D eigenvalue weighted by Crippen LogP contribution is 2.37. The maximum Gasteiger partial charge on any atom is 0.495 e. The molecule has 0 bridgehead atoms. The summed E-state index contributed by atoms with van der Waals surface area (Å²) in [6.07, 6.45) is 0. The lowest BCUT2D eigenvalue weighted by Gasteiger charge is -2.32. The smallest absolute Gasteiger partial charge is 0.399 e. The summed E-state index contributed by atoms with van der Waals surface area (Å²) in [5.74, 6) is 0. The molecule has 1 saturated heterocycles. The largest absolute Gasteiger partial charge is 0.495 e. The van der Waals surface area contributed by atoms with Gasteiger partial charge in [-0.25, -0.2) is 0 Å². The van der Waals surface area contributed by atoms with Crippen LogP contribution in [0.2, 0.25) is 5.02 Å².